The average Bonchev–Trinajstić information content (AvgIpc) is 1.91. The Bertz CT molecular complexity index is 144. The first-order valence-corrected chi connectivity index (χ1v) is 3.65. The number of rotatable bonds is 0. The van der Waals surface area contributed by atoms with E-state index in [4.69, 9.17) is 0 Å². The molecule has 0 N–H and O–H groups in total. The highest BCUT2D eigenvalue weighted by Gasteiger charge is 1.94. The highest BCUT2D eigenvalue weighted by atomic mass is 127. The first kappa shape index (κ1) is 5.50. The zero-order valence-electron chi connectivity index (χ0n) is 3.32. The van der Waals surface area contributed by atoms with Gasteiger partial charge in [-0.15, -0.1) is 11.3 Å². The summed E-state index contributed by atoms with van der Waals surface area (Å²) in [7, 11) is 0. The van der Waals surface area contributed by atoms with E-state index in [1.54, 1.807) is 11.4 Å². The Labute approximate surface area is 58.5 Å². The number of hydrogen-bond acceptors (Lipinski definition) is 1. The summed E-state index contributed by atoms with van der Waals surface area (Å²) in [6.45, 7) is 0. The molecule has 0 atom stereocenters. The van der Waals surface area contributed by atoms with Crippen molar-refractivity contribution in [3.8, 4) is 0 Å². The summed E-state index contributed by atoms with van der Waals surface area (Å²) in [4.78, 5) is 0. The Morgan fingerprint density at radius 1 is 1.71 bits per heavy atom. The van der Waals surface area contributed by atoms with E-state index in [2.05, 4.69) is 0 Å². The topological polar surface area (TPSA) is 0 Å². The van der Waals surface area contributed by atoms with Crippen molar-refractivity contribution in [2.24, 2.45) is 0 Å². The second-order valence-electron chi connectivity index (χ2n) is 1.04. The molecule has 38 valence electrons. The van der Waals surface area contributed by atoms with Gasteiger partial charge in [-0.2, -0.15) is 4.39 Å². The molecule has 3 heteroatoms. The summed E-state index contributed by atoms with van der Waals surface area (Å²) in [6, 6.07) is 1.75. The smallest absolute Gasteiger partial charge is 0.189 e. The number of halogens is 2. The lowest BCUT2D eigenvalue weighted by Gasteiger charge is -1.72. The van der Waals surface area contributed by atoms with Crippen molar-refractivity contribution in [1.82, 2.24) is 0 Å². The molecule has 0 aromatic carbocycles. The molecule has 0 fully saturated rings. The van der Waals surface area contributed by atoms with Crippen LogP contribution in [0.2, 0.25) is 0 Å². The van der Waals surface area contributed by atoms with E-state index < -0.39 is 0 Å². The standard InChI is InChI=1S/C4H2FIS/c5-4-3(6)1-2-7-4/h1-2H. The molecule has 7 heavy (non-hydrogen) atoms. The van der Waals surface area contributed by atoms with E-state index in [9.17, 15) is 4.39 Å². The van der Waals surface area contributed by atoms with Crippen molar-refractivity contribution in [2.75, 3.05) is 0 Å². The van der Waals surface area contributed by atoms with E-state index in [-0.39, 0.29) is 5.13 Å². The van der Waals surface area contributed by atoms with Crippen molar-refractivity contribution >= 4 is 33.9 Å². The van der Waals surface area contributed by atoms with Crippen LogP contribution in [-0.2, 0) is 0 Å². The Balaban J connectivity index is 3.12. The third-order valence-electron chi connectivity index (χ3n) is 0.574. The van der Waals surface area contributed by atoms with Crippen LogP contribution in [0.5, 0.6) is 0 Å². The molecule has 0 saturated carbocycles. The Morgan fingerprint density at radius 3 is 2.57 bits per heavy atom. The van der Waals surface area contributed by atoms with Gasteiger partial charge in [0.1, 0.15) is 0 Å². The zero-order chi connectivity index (χ0) is 5.28. The van der Waals surface area contributed by atoms with Gasteiger partial charge >= 0.3 is 0 Å². The largest absolute Gasteiger partial charge is 0.194 e. The van der Waals surface area contributed by atoms with Crippen LogP contribution >= 0.6 is 33.9 Å². The van der Waals surface area contributed by atoms with Crippen LogP contribution in [0.1, 0.15) is 0 Å². The Morgan fingerprint density at radius 2 is 2.43 bits per heavy atom. The van der Waals surface area contributed by atoms with Gasteiger partial charge in [-0.05, 0) is 34.0 Å². The Hall–Kier alpha value is 0.360. The average molecular weight is 228 g/mol. The van der Waals surface area contributed by atoms with Crippen molar-refractivity contribution in [3.63, 3.8) is 0 Å². The lowest BCUT2D eigenvalue weighted by Crippen LogP contribution is -1.60. The van der Waals surface area contributed by atoms with Crippen LogP contribution in [0.15, 0.2) is 11.4 Å². The summed E-state index contributed by atoms with van der Waals surface area (Å²) in [5.41, 5.74) is 0. The first-order valence-electron chi connectivity index (χ1n) is 1.69. The van der Waals surface area contributed by atoms with E-state index >= 15 is 0 Å². The predicted molar refractivity (Wildman–Crippen MR) is 37.0 cm³/mol. The molecular formula is C4H2FIS. The molecule has 0 spiro atoms. The molecule has 0 amide bonds. The first-order chi connectivity index (χ1) is 3.30. The third-order valence-corrected chi connectivity index (χ3v) is 2.47. The van der Waals surface area contributed by atoms with Gasteiger partial charge in [-0.3, -0.25) is 0 Å². The van der Waals surface area contributed by atoms with E-state index in [1.807, 2.05) is 22.6 Å². The summed E-state index contributed by atoms with van der Waals surface area (Å²) in [5.74, 6) is 0. The molecule has 1 aromatic heterocycles. The fourth-order valence-electron chi connectivity index (χ4n) is 0.275. The van der Waals surface area contributed by atoms with Crippen LogP contribution in [0.3, 0.4) is 0 Å². The maximum atomic E-state index is 12.1. The number of hydrogen-bond donors (Lipinski definition) is 0. The summed E-state index contributed by atoms with van der Waals surface area (Å²) < 4.78 is 12.8. The summed E-state index contributed by atoms with van der Waals surface area (Å²) >= 11 is 3.09. The van der Waals surface area contributed by atoms with E-state index in [0.29, 0.717) is 3.57 Å². The molecule has 0 saturated heterocycles. The minimum absolute atomic E-state index is 0.0828. The summed E-state index contributed by atoms with van der Waals surface area (Å²) in [6.07, 6.45) is 0. The highest BCUT2D eigenvalue weighted by molar-refractivity contribution is 14.1. The van der Waals surface area contributed by atoms with Crippen molar-refractivity contribution in [1.29, 1.82) is 0 Å². The predicted octanol–water partition coefficient (Wildman–Crippen LogP) is 2.49. The molecule has 0 unspecified atom stereocenters. The molecule has 0 aliphatic heterocycles. The monoisotopic (exact) mass is 228 g/mol. The second-order valence-corrected chi connectivity index (χ2v) is 3.07. The van der Waals surface area contributed by atoms with Crippen molar-refractivity contribution < 1.29 is 4.39 Å². The fourth-order valence-corrected chi connectivity index (χ4v) is 1.58. The minimum Gasteiger partial charge on any atom is -0.194 e. The van der Waals surface area contributed by atoms with Crippen molar-refractivity contribution in [3.05, 3.63) is 20.1 Å². The molecule has 1 rings (SSSR count). The minimum atomic E-state index is -0.0828. The van der Waals surface area contributed by atoms with Gasteiger partial charge in [0.15, 0.2) is 5.13 Å². The molecule has 0 aliphatic rings. The van der Waals surface area contributed by atoms with Gasteiger partial charge in [0.2, 0.25) is 0 Å². The SMILES string of the molecule is Fc1sccc1I. The van der Waals surface area contributed by atoms with Gasteiger partial charge in [0.25, 0.3) is 0 Å². The number of thiophene rings is 1. The lowest BCUT2D eigenvalue weighted by atomic mass is 10.7. The van der Waals surface area contributed by atoms with Crippen LogP contribution in [0.4, 0.5) is 4.39 Å². The van der Waals surface area contributed by atoms with Gasteiger partial charge in [0.05, 0.1) is 3.57 Å². The maximum Gasteiger partial charge on any atom is 0.189 e. The van der Waals surface area contributed by atoms with Crippen LogP contribution in [0.25, 0.3) is 0 Å². The Kier molecular flexibility index (Phi) is 1.64. The van der Waals surface area contributed by atoms with Gasteiger partial charge < -0.3 is 0 Å². The van der Waals surface area contributed by atoms with Gasteiger partial charge in [-0.25, -0.2) is 0 Å². The van der Waals surface area contributed by atoms with Gasteiger partial charge in [-0.1, -0.05) is 0 Å². The zero-order valence-corrected chi connectivity index (χ0v) is 6.29. The van der Waals surface area contributed by atoms with Crippen LogP contribution in [-0.4, -0.2) is 0 Å². The fraction of sp³-hybridized carbons (Fsp3) is 0. The molecular weight excluding hydrogens is 226 g/mol. The van der Waals surface area contributed by atoms with Crippen molar-refractivity contribution in [2.45, 2.75) is 0 Å². The quantitative estimate of drug-likeness (QED) is 0.598. The molecule has 0 radical (unpaired) electrons. The van der Waals surface area contributed by atoms with Gasteiger partial charge in [0, 0.05) is 0 Å². The second kappa shape index (κ2) is 2.09. The van der Waals surface area contributed by atoms with E-state index in [0.717, 1.165) is 11.3 Å². The van der Waals surface area contributed by atoms with Crippen LogP contribution in [0, 0.1) is 8.70 Å². The van der Waals surface area contributed by atoms with E-state index in [1.165, 1.54) is 0 Å². The molecule has 1 heterocycles. The third kappa shape index (κ3) is 1.13. The maximum absolute atomic E-state index is 12.1. The lowest BCUT2D eigenvalue weighted by molar-refractivity contribution is 0.650. The molecule has 0 bridgehead atoms. The highest BCUT2D eigenvalue weighted by Crippen LogP contribution is 2.15. The molecule has 0 aliphatic carbocycles. The normalized spacial score (nSPS) is 9.43. The van der Waals surface area contributed by atoms with Crippen LogP contribution < -0.4 is 0 Å². The summed E-state index contributed by atoms with van der Waals surface area (Å²) in [5, 5.41) is 1.65. The molecule has 1 aromatic rings. The molecule has 0 nitrogen and oxygen atoms in total.